The average molecular weight is 495 g/mol. The third-order valence-corrected chi connectivity index (χ3v) is 4.79. The van der Waals surface area contributed by atoms with Gasteiger partial charge in [-0.1, -0.05) is 35.9 Å². The van der Waals surface area contributed by atoms with Gasteiger partial charge in [0.15, 0.2) is 5.96 Å². The minimum absolute atomic E-state index is 0. The van der Waals surface area contributed by atoms with Crippen LogP contribution in [0.25, 0.3) is 0 Å². The molecule has 1 atom stereocenters. The highest BCUT2D eigenvalue weighted by atomic mass is 127. The number of hydrogen-bond donors (Lipinski definition) is 1. The molecule has 2 aromatic rings. The number of ether oxygens (including phenoxy) is 2. The van der Waals surface area contributed by atoms with Gasteiger partial charge in [0.2, 0.25) is 0 Å². The van der Waals surface area contributed by atoms with Crippen LogP contribution in [0, 0.1) is 12.8 Å². The summed E-state index contributed by atoms with van der Waals surface area (Å²) in [6.07, 6.45) is 1.12. The second-order valence-corrected chi connectivity index (χ2v) is 7.03. The molecule has 1 saturated heterocycles. The van der Waals surface area contributed by atoms with Crippen molar-refractivity contribution in [1.82, 2.24) is 10.2 Å². The Bertz CT molecular complexity index is 759. The molecule has 0 aromatic heterocycles. The van der Waals surface area contributed by atoms with Crippen LogP contribution in [0.3, 0.4) is 0 Å². The van der Waals surface area contributed by atoms with Gasteiger partial charge < -0.3 is 19.7 Å². The summed E-state index contributed by atoms with van der Waals surface area (Å²) in [5.74, 6) is 3.16. The Hall–Kier alpha value is -1.80. The zero-order valence-corrected chi connectivity index (χ0v) is 19.2. The van der Waals surface area contributed by atoms with Gasteiger partial charge in [0, 0.05) is 45.3 Å². The van der Waals surface area contributed by atoms with Crippen LogP contribution in [0.15, 0.2) is 53.5 Å². The number of aliphatic imine (C=N–C) groups is 1. The molecule has 1 aliphatic heterocycles. The minimum atomic E-state index is 0. The Labute approximate surface area is 185 Å². The number of halogens is 1. The lowest BCUT2D eigenvalue weighted by Crippen LogP contribution is -2.41. The van der Waals surface area contributed by atoms with Crippen molar-refractivity contribution in [3.63, 3.8) is 0 Å². The zero-order chi connectivity index (χ0) is 19.1. The molecule has 1 aliphatic rings. The maximum Gasteiger partial charge on any atom is 0.193 e. The minimum Gasteiger partial charge on any atom is -0.457 e. The molecule has 0 saturated carbocycles. The van der Waals surface area contributed by atoms with E-state index in [1.807, 2.05) is 37.4 Å². The highest BCUT2D eigenvalue weighted by molar-refractivity contribution is 14.0. The lowest BCUT2D eigenvalue weighted by atomic mass is 10.1. The molecule has 6 heteroatoms. The molecule has 0 bridgehead atoms. The Morgan fingerprint density at radius 1 is 1.21 bits per heavy atom. The lowest BCUT2D eigenvalue weighted by molar-refractivity contribution is 0.181. The molecule has 0 amide bonds. The fourth-order valence-corrected chi connectivity index (χ4v) is 3.24. The van der Waals surface area contributed by atoms with Crippen LogP contribution in [0.5, 0.6) is 11.5 Å². The number of para-hydroxylation sites is 1. The van der Waals surface area contributed by atoms with E-state index in [-0.39, 0.29) is 24.0 Å². The van der Waals surface area contributed by atoms with Crippen molar-refractivity contribution in [2.45, 2.75) is 19.9 Å². The molecule has 1 unspecified atom stereocenters. The van der Waals surface area contributed by atoms with Crippen LogP contribution >= 0.6 is 24.0 Å². The van der Waals surface area contributed by atoms with Crippen molar-refractivity contribution in [3.05, 3.63) is 59.7 Å². The first-order valence-electron chi connectivity index (χ1n) is 9.47. The molecule has 3 rings (SSSR count). The molecule has 2 aromatic carbocycles. The van der Waals surface area contributed by atoms with Gasteiger partial charge in [0.1, 0.15) is 11.5 Å². The maximum atomic E-state index is 6.09. The normalized spacial score (nSPS) is 16.4. The fraction of sp³-hybridized carbons (Fsp3) is 0.409. The number of benzene rings is 2. The summed E-state index contributed by atoms with van der Waals surface area (Å²) in [6, 6.07) is 16.2. The van der Waals surface area contributed by atoms with Gasteiger partial charge in [0.05, 0.1) is 6.61 Å². The van der Waals surface area contributed by atoms with Gasteiger partial charge in [-0.25, -0.2) is 0 Å². The molecule has 0 radical (unpaired) electrons. The second kappa shape index (κ2) is 11.3. The smallest absolute Gasteiger partial charge is 0.193 e. The zero-order valence-electron chi connectivity index (χ0n) is 16.9. The van der Waals surface area contributed by atoms with Crippen LogP contribution in [0.2, 0.25) is 0 Å². The molecule has 5 nitrogen and oxygen atoms in total. The predicted octanol–water partition coefficient (Wildman–Crippen LogP) is 4.45. The molecule has 28 heavy (non-hydrogen) atoms. The van der Waals surface area contributed by atoms with E-state index in [1.54, 1.807) is 0 Å². The molecule has 1 N–H and O–H groups in total. The highest BCUT2D eigenvalue weighted by Gasteiger charge is 2.19. The number of nitrogens with zero attached hydrogens (tertiary/aromatic N) is 2. The quantitative estimate of drug-likeness (QED) is 0.366. The molecular weight excluding hydrogens is 465 g/mol. The molecule has 1 fully saturated rings. The van der Waals surface area contributed by atoms with E-state index in [1.165, 1.54) is 5.56 Å². The van der Waals surface area contributed by atoms with Gasteiger partial charge in [0.25, 0.3) is 0 Å². The van der Waals surface area contributed by atoms with E-state index >= 15 is 0 Å². The van der Waals surface area contributed by atoms with E-state index in [2.05, 4.69) is 47.4 Å². The highest BCUT2D eigenvalue weighted by Crippen LogP contribution is 2.25. The first-order chi connectivity index (χ1) is 13.2. The summed E-state index contributed by atoms with van der Waals surface area (Å²) < 4.78 is 11.6. The van der Waals surface area contributed by atoms with E-state index in [0.717, 1.165) is 49.2 Å². The summed E-state index contributed by atoms with van der Waals surface area (Å²) in [5.41, 5.74) is 2.31. The predicted molar refractivity (Wildman–Crippen MR) is 125 cm³/mol. The lowest BCUT2D eigenvalue weighted by Gasteiger charge is -2.24. The van der Waals surface area contributed by atoms with Crippen molar-refractivity contribution in [1.29, 1.82) is 0 Å². The first-order valence-corrected chi connectivity index (χ1v) is 9.47. The summed E-state index contributed by atoms with van der Waals surface area (Å²) in [7, 11) is 3.89. The molecule has 1 heterocycles. The van der Waals surface area contributed by atoms with Crippen molar-refractivity contribution >= 4 is 29.9 Å². The third-order valence-electron chi connectivity index (χ3n) is 4.79. The van der Waals surface area contributed by atoms with Gasteiger partial charge >= 0.3 is 0 Å². The second-order valence-electron chi connectivity index (χ2n) is 7.03. The maximum absolute atomic E-state index is 6.09. The van der Waals surface area contributed by atoms with E-state index < -0.39 is 0 Å². The fourth-order valence-electron chi connectivity index (χ4n) is 3.24. The third kappa shape index (κ3) is 6.38. The van der Waals surface area contributed by atoms with E-state index in [9.17, 15) is 0 Å². The SMILES string of the molecule is CN=C(NCc1ccccc1Oc1ccc(C)cc1)N(C)CC1CCOC1.I. The number of nitrogens with one attached hydrogen (secondary N) is 1. The van der Waals surface area contributed by atoms with E-state index in [4.69, 9.17) is 9.47 Å². The van der Waals surface area contributed by atoms with Crippen LogP contribution in [0.1, 0.15) is 17.5 Å². The Kier molecular flexibility index (Phi) is 9.05. The number of guanidine groups is 1. The van der Waals surface area contributed by atoms with Gasteiger partial charge in [-0.05, 0) is 31.5 Å². The number of rotatable bonds is 6. The van der Waals surface area contributed by atoms with Crippen LogP contribution in [-0.4, -0.2) is 44.7 Å². The monoisotopic (exact) mass is 495 g/mol. The van der Waals surface area contributed by atoms with Crippen molar-refractivity contribution in [2.24, 2.45) is 10.9 Å². The summed E-state index contributed by atoms with van der Waals surface area (Å²) in [4.78, 5) is 6.59. The van der Waals surface area contributed by atoms with Crippen LogP contribution in [0.4, 0.5) is 0 Å². The molecule has 0 spiro atoms. The van der Waals surface area contributed by atoms with Gasteiger partial charge in [-0.15, -0.1) is 24.0 Å². The first kappa shape index (κ1) is 22.5. The summed E-state index contributed by atoms with van der Waals surface area (Å²) in [6.45, 7) is 5.38. The Morgan fingerprint density at radius 3 is 2.64 bits per heavy atom. The molecule has 0 aliphatic carbocycles. The molecular formula is C22H30IN3O2. The van der Waals surface area contributed by atoms with E-state index in [0.29, 0.717) is 12.5 Å². The van der Waals surface area contributed by atoms with Crippen molar-refractivity contribution in [3.8, 4) is 11.5 Å². The van der Waals surface area contributed by atoms with Crippen LogP contribution < -0.4 is 10.1 Å². The van der Waals surface area contributed by atoms with Gasteiger partial charge in [-0.3, -0.25) is 4.99 Å². The Balaban J connectivity index is 0.00000280. The van der Waals surface area contributed by atoms with Crippen molar-refractivity contribution in [2.75, 3.05) is 33.9 Å². The largest absolute Gasteiger partial charge is 0.457 e. The summed E-state index contributed by atoms with van der Waals surface area (Å²) >= 11 is 0. The number of hydrogen-bond acceptors (Lipinski definition) is 3. The molecule has 152 valence electrons. The Morgan fingerprint density at radius 2 is 1.96 bits per heavy atom. The summed E-state index contributed by atoms with van der Waals surface area (Å²) in [5, 5.41) is 3.45. The van der Waals surface area contributed by atoms with Gasteiger partial charge in [-0.2, -0.15) is 0 Å². The standard InChI is InChI=1S/C22H29N3O2.HI/c1-17-8-10-20(11-9-17)27-21-7-5-4-6-19(21)14-24-22(23-2)25(3)15-18-12-13-26-16-18;/h4-11,18H,12-16H2,1-3H3,(H,23,24);1H. The number of aryl methyl sites for hydroxylation is 1. The van der Waals surface area contributed by atoms with Crippen LogP contribution in [-0.2, 0) is 11.3 Å². The average Bonchev–Trinajstić information content (AvgIpc) is 3.18. The van der Waals surface area contributed by atoms with Crippen molar-refractivity contribution < 1.29 is 9.47 Å². The topological polar surface area (TPSA) is 46.1 Å².